The van der Waals surface area contributed by atoms with Gasteiger partial charge in [-0.3, -0.25) is 4.90 Å². The maximum atomic E-state index is 13.3. The fourth-order valence-electron chi connectivity index (χ4n) is 8.23. The summed E-state index contributed by atoms with van der Waals surface area (Å²) in [5.74, 6) is 2.42. The van der Waals surface area contributed by atoms with Gasteiger partial charge in [0.15, 0.2) is 0 Å². The molecule has 1 aromatic carbocycles. The summed E-state index contributed by atoms with van der Waals surface area (Å²) < 4.78 is 19.2. The van der Waals surface area contributed by atoms with Gasteiger partial charge in [-0.05, 0) is 93.2 Å². The van der Waals surface area contributed by atoms with Crippen LogP contribution in [0.3, 0.4) is 0 Å². The molecule has 7 fully saturated rings. The number of hydrogen-bond donors (Lipinski definition) is 0. The lowest BCUT2D eigenvalue weighted by atomic mass is 9.53. The zero-order valence-corrected chi connectivity index (χ0v) is 21.2. The Kier molecular flexibility index (Phi) is 6.29. The van der Waals surface area contributed by atoms with Gasteiger partial charge in [-0.1, -0.05) is 12.1 Å². The Bertz CT molecular complexity index is 869. The smallest absolute Gasteiger partial charge is 0.239 e. The molecule has 7 heteroatoms. The highest BCUT2D eigenvalue weighted by Crippen LogP contribution is 2.62. The number of piperidine rings is 1. The minimum atomic E-state index is -0.768. The summed E-state index contributed by atoms with van der Waals surface area (Å²) in [5, 5.41) is 0. The first-order valence-electron chi connectivity index (χ1n) is 14.4. The van der Waals surface area contributed by atoms with Crippen molar-refractivity contribution in [3.8, 4) is 5.75 Å². The van der Waals surface area contributed by atoms with Gasteiger partial charge in [0.2, 0.25) is 11.6 Å². The molecule has 1 aromatic rings. The second-order valence-electron chi connectivity index (χ2n) is 12.5. The third kappa shape index (κ3) is 4.39. The normalized spacial score (nSPS) is 42.9. The molecular formula is C29H40FNO5. The summed E-state index contributed by atoms with van der Waals surface area (Å²) in [6.45, 7) is 3.16. The SMILES string of the molecule is FC1CCN(CCOc2ccc(C3CCC4(CC3)OOC3(OO4)C4CC5CC(C4)CC3C5)cc2)CC1. The second-order valence-corrected chi connectivity index (χ2v) is 12.5. The largest absolute Gasteiger partial charge is 0.492 e. The standard InChI is InChI=1S/C29H40FNO5/c30-26-7-11-31(12-8-26)13-14-32-27-3-1-22(2-4-27)23-5-9-28(10-6-23)33-35-29(36-34-28)24-16-20-15-21(18-24)19-25(29)17-20/h1-4,20-21,23-26H,5-19H2. The summed E-state index contributed by atoms with van der Waals surface area (Å²) in [5.41, 5.74) is 1.33. The molecule has 2 aliphatic heterocycles. The Labute approximate surface area is 213 Å². The molecule has 2 saturated heterocycles. The van der Waals surface area contributed by atoms with Crippen LogP contribution in [-0.2, 0) is 19.6 Å². The highest BCUT2D eigenvalue weighted by molar-refractivity contribution is 5.30. The molecule has 5 saturated carbocycles. The Morgan fingerprint density at radius 1 is 0.806 bits per heavy atom. The van der Waals surface area contributed by atoms with Crippen molar-refractivity contribution in [1.82, 2.24) is 4.90 Å². The third-order valence-corrected chi connectivity index (χ3v) is 10.2. The predicted octanol–water partition coefficient (Wildman–Crippen LogP) is 5.92. The summed E-state index contributed by atoms with van der Waals surface area (Å²) in [4.78, 5) is 26.9. The van der Waals surface area contributed by atoms with Gasteiger partial charge >= 0.3 is 0 Å². The van der Waals surface area contributed by atoms with Gasteiger partial charge in [-0.2, -0.15) is 19.6 Å². The maximum absolute atomic E-state index is 13.3. The van der Waals surface area contributed by atoms with E-state index in [2.05, 4.69) is 29.2 Å². The van der Waals surface area contributed by atoms with Crippen LogP contribution in [0.5, 0.6) is 5.75 Å². The summed E-state index contributed by atoms with van der Waals surface area (Å²) in [6, 6.07) is 8.52. The van der Waals surface area contributed by atoms with E-state index in [1.165, 1.54) is 37.7 Å². The Morgan fingerprint density at radius 2 is 1.42 bits per heavy atom. The number of alkyl halides is 1. The van der Waals surface area contributed by atoms with E-state index < -0.39 is 17.7 Å². The fourth-order valence-corrected chi connectivity index (χ4v) is 8.23. The van der Waals surface area contributed by atoms with E-state index in [9.17, 15) is 4.39 Å². The minimum Gasteiger partial charge on any atom is -0.492 e. The van der Waals surface area contributed by atoms with E-state index in [0.717, 1.165) is 62.9 Å². The van der Waals surface area contributed by atoms with Crippen LogP contribution in [0, 0.1) is 23.7 Å². The number of rotatable bonds is 5. The first-order valence-corrected chi connectivity index (χ1v) is 14.4. The highest BCUT2D eigenvalue weighted by Gasteiger charge is 2.64. The Balaban J connectivity index is 0.888. The van der Waals surface area contributed by atoms with Gasteiger partial charge < -0.3 is 4.74 Å². The molecular weight excluding hydrogens is 461 g/mol. The van der Waals surface area contributed by atoms with Crippen molar-refractivity contribution in [1.29, 1.82) is 0 Å². The summed E-state index contributed by atoms with van der Waals surface area (Å²) in [6.07, 6.45) is 10.3. The average Bonchev–Trinajstić information content (AvgIpc) is 2.90. The molecule has 8 rings (SSSR count). The number of hydrogen-bond acceptors (Lipinski definition) is 6. The lowest BCUT2D eigenvalue weighted by Crippen LogP contribution is -2.64. The molecule has 2 spiro atoms. The van der Waals surface area contributed by atoms with Crippen LogP contribution in [0.2, 0.25) is 0 Å². The molecule has 0 radical (unpaired) electrons. The second kappa shape index (κ2) is 9.49. The molecule has 36 heavy (non-hydrogen) atoms. The van der Waals surface area contributed by atoms with Gasteiger partial charge in [0.1, 0.15) is 18.5 Å². The number of halogens is 1. The molecule has 0 N–H and O–H groups in total. The van der Waals surface area contributed by atoms with Crippen LogP contribution in [0.25, 0.3) is 0 Å². The van der Waals surface area contributed by atoms with E-state index >= 15 is 0 Å². The topological polar surface area (TPSA) is 49.4 Å². The monoisotopic (exact) mass is 501 g/mol. The molecule has 198 valence electrons. The van der Waals surface area contributed by atoms with Crippen molar-refractivity contribution in [2.45, 2.75) is 94.3 Å². The molecule has 7 aliphatic rings. The van der Waals surface area contributed by atoms with Crippen molar-refractivity contribution in [3.05, 3.63) is 29.8 Å². The van der Waals surface area contributed by atoms with E-state index in [1.54, 1.807) is 0 Å². The average molecular weight is 502 g/mol. The summed E-state index contributed by atoms with van der Waals surface area (Å²) >= 11 is 0. The predicted molar refractivity (Wildman–Crippen MR) is 131 cm³/mol. The summed E-state index contributed by atoms with van der Waals surface area (Å²) in [7, 11) is 0. The van der Waals surface area contributed by atoms with Crippen LogP contribution >= 0.6 is 0 Å². The van der Waals surface area contributed by atoms with E-state index in [1.807, 2.05) is 0 Å². The van der Waals surface area contributed by atoms with Gasteiger partial charge in [0.25, 0.3) is 0 Å². The minimum absolute atomic E-state index is 0.408. The van der Waals surface area contributed by atoms with Crippen LogP contribution in [0.1, 0.15) is 82.1 Å². The van der Waals surface area contributed by atoms with Gasteiger partial charge in [-0.25, -0.2) is 4.39 Å². The number of nitrogens with zero attached hydrogens (tertiary/aromatic N) is 1. The molecule has 0 unspecified atom stereocenters. The van der Waals surface area contributed by atoms with Crippen molar-refractivity contribution >= 4 is 0 Å². The molecule has 2 heterocycles. The first kappa shape index (κ1) is 23.8. The van der Waals surface area contributed by atoms with Crippen molar-refractivity contribution in [3.63, 3.8) is 0 Å². The number of likely N-dealkylation sites (tertiary alicyclic amines) is 1. The van der Waals surface area contributed by atoms with Crippen molar-refractivity contribution in [2.24, 2.45) is 23.7 Å². The Morgan fingerprint density at radius 3 is 2.03 bits per heavy atom. The third-order valence-electron chi connectivity index (χ3n) is 10.2. The zero-order valence-electron chi connectivity index (χ0n) is 21.2. The number of ether oxygens (including phenoxy) is 1. The van der Waals surface area contributed by atoms with Gasteiger partial charge in [0.05, 0.1) is 0 Å². The van der Waals surface area contributed by atoms with E-state index in [-0.39, 0.29) is 0 Å². The molecule has 5 aliphatic carbocycles. The Hall–Kier alpha value is -1.25. The molecule has 0 amide bonds. The van der Waals surface area contributed by atoms with E-state index in [0.29, 0.717) is 37.2 Å². The lowest BCUT2D eigenvalue weighted by molar-refractivity contribution is -0.680. The lowest BCUT2D eigenvalue weighted by Gasteiger charge is -2.60. The van der Waals surface area contributed by atoms with Crippen molar-refractivity contribution in [2.75, 3.05) is 26.2 Å². The fraction of sp³-hybridized carbons (Fsp3) is 0.793. The molecule has 0 atom stereocenters. The highest BCUT2D eigenvalue weighted by atomic mass is 19.1. The zero-order chi connectivity index (χ0) is 24.2. The quantitative estimate of drug-likeness (QED) is 0.467. The molecule has 4 bridgehead atoms. The molecule has 0 aromatic heterocycles. The van der Waals surface area contributed by atoms with Crippen LogP contribution in [0.4, 0.5) is 4.39 Å². The van der Waals surface area contributed by atoms with Gasteiger partial charge in [-0.15, -0.1) is 0 Å². The maximum Gasteiger partial charge on any atom is 0.239 e. The van der Waals surface area contributed by atoms with Crippen LogP contribution in [0.15, 0.2) is 24.3 Å². The van der Waals surface area contributed by atoms with E-state index in [4.69, 9.17) is 24.3 Å². The first-order chi connectivity index (χ1) is 17.6. The number of benzene rings is 1. The van der Waals surface area contributed by atoms with Crippen LogP contribution < -0.4 is 4.74 Å². The van der Waals surface area contributed by atoms with Crippen molar-refractivity contribution < 1.29 is 28.7 Å². The van der Waals surface area contributed by atoms with Gasteiger partial charge in [0, 0.05) is 44.3 Å². The molecule has 6 nitrogen and oxygen atoms in total. The van der Waals surface area contributed by atoms with Crippen LogP contribution in [-0.4, -0.2) is 48.9 Å².